The topological polar surface area (TPSA) is 93.2 Å². The molecule has 9 heteroatoms. The van der Waals surface area contributed by atoms with E-state index in [4.69, 9.17) is 0 Å². The number of aliphatic hydroxyl groups is 1. The zero-order valence-electron chi connectivity index (χ0n) is 25.4. The number of amides is 3. The molecule has 2 atom stereocenters. The smallest absolute Gasteiger partial charge is 0.248 e. The number of piperazine rings is 1. The van der Waals surface area contributed by atoms with Gasteiger partial charge in [-0.1, -0.05) is 60.7 Å². The molecule has 2 N–H and O–H groups in total. The second kappa shape index (κ2) is 13.9. The first-order valence-electron chi connectivity index (χ1n) is 15.9. The van der Waals surface area contributed by atoms with E-state index in [-0.39, 0.29) is 23.6 Å². The highest BCUT2D eigenvalue weighted by atomic mass is 79.9. The average molecular weight is 654 g/mol. The summed E-state index contributed by atoms with van der Waals surface area (Å²) in [6, 6.07) is 14.9. The van der Waals surface area contributed by atoms with Crippen molar-refractivity contribution >= 4 is 45.0 Å². The lowest BCUT2D eigenvalue weighted by Crippen LogP contribution is -2.75. The molecule has 2 heterocycles. The Morgan fingerprint density at radius 2 is 1.63 bits per heavy atom. The molecule has 43 heavy (non-hydrogen) atoms. The number of carbonyl (C=O) groups is 3. The van der Waals surface area contributed by atoms with Crippen LogP contribution in [0, 0.1) is 5.92 Å². The third-order valence-electron chi connectivity index (χ3n) is 9.65. The molecule has 5 rings (SSSR count). The van der Waals surface area contributed by atoms with Crippen LogP contribution in [0.2, 0.25) is 0 Å². The molecule has 2 aromatic carbocycles. The third-order valence-corrected chi connectivity index (χ3v) is 10.2. The Kier molecular flexibility index (Phi) is 10.2. The fraction of sp³-hybridized carbons (Fsp3) is 0.559. The minimum absolute atomic E-state index is 0.0576. The van der Waals surface area contributed by atoms with Crippen LogP contribution in [-0.2, 0) is 20.9 Å². The van der Waals surface area contributed by atoms with Crippen LogP contribution in [0.4, 0.5) is 11.4 Å². The number of halogens is 1. The molecule has 1 aliphatic carbocycles. The normalized spacial score (nSPS) is 22.0. The zero-order chi connectivity index (χ0) is 30.6. The Morgan fingerprint density at radius 3 is 2.21 bits per heavy atom. The van der Waals surface area contributed by atoms with Gasteiger partial charge in [0.25, 0.3) is 0 Å². The summed E-state index contributed by atoms with van der Waals surface area (Å²) in [6.07, 6.45) is 7.20. The van der Waals surface area contributed by atoms with Crippen molar-refractivity contribution in [2.24, 2.45) is 5.92 Å². The summed E-state index contributed by atoms with van der Waals surface area (Å²) in [5, 5.41) is 14.2. The SMILES string of the molecule is CCCCN1C(=O)[C@@H]([C@H](O)C2CCCCC2)NC(=O)C12CCN(Cc1ccc(N(C(C)=O)c3ccc(Br)cc3)cc1)CC2. The fourth-order valence-corrected chi connectivity index (χ4v) is 7.41. The average Bonchev–Trinajstić information content (AvgIpc) is 3.02. The first-order valence-corrected chi connectivity index (χ1v) is 16.7. The van der Waals surface area contributed by atoms with Gasteiger partial charge in [0.05, 0.1) is 6.10 Å². The van der Waals surface area contributed by atoms with Crippen LogP contribution in [0.1, 0.15) is 77.2 Å². The summed E-state index contributed by atoms with van der Waals surface area (Å²) in [7, 11) is 0. The Hall–Kier alpha value is -2.75. The van der Waals surface area contributed by atoms with Crippen LogP contribution >= 0.6 is 15.9 Å². The lowest BCUT2D eigenvalue weighted by molar-refractivity contribution is -0.166. The van der Waals surface area contributed by atoms with Crippen LogP contribution in [0.3, 0.4) is 0 Å². The molecule has 0 radical (unpaired) electrons. The number of rotatable bonds is 9. The van der Waals surface area contributed by atoms with E-state index in [2.05, 4.69) is 45.2 Å². The Labute approximate surface area is 263 Å². The van der Waals surface area contributed by atoms with Crippen LogP contribution in [0.5, 0.6) is 0 Å². The molecule has 0 unspecified atom stereocenters. The molecule has 1 saturated carbocycles. The molecule has 3 aliphatic rings. The summed E-state index contributed by atoms with van der Waals surface area (Å²) in [5.74, 6) is -0.214. The molecule has 3 fully saturated rings. The van der Waals surface area contributed by atoms with Gasteiger partial charge in [0, 0.05) is 49.0 Å². The van der Waals surface area contributed by atoms with E-state index in [9.17, 15) is 19.5 Å². The van der Waals surface area contributed by atoms with E-state index in [1.807, 2.05) is 41.3 Å². The van der Waals surface area contributed by atoms with Crippen molar-refractivity contribution < 1.29 is 19.5 Å². The highest BCUT2D eigenvalue weighted by Crippen LogP contribution is 2.37. The highest BCUT2D eigenvalue weighted by Gasteiger charge is 2.55. The molecular weight excluding hydrogens is 608 g/mol. The van der Waals surface area contributed by atoms with E-state index < -0.39 is 17.7 Å². The van der Waals surface area contributed by atoms with Crippen molar-refractivity contribution in [3.63, 3.8) is 0 Å². The summed E-state index contributed by atoms with van der Waals surface area (Å²) >= 11 is 3.45. The predicted octanol–water partition coefficient (Wildman–Crippen LogP) is 5.54. The van der Waals surface area contributed by atoms with Crippen LogP contribution < -0.4 is 10.2 Å². The van der Waals surface area contributed by atoms with E-state index >= 15 is 0 Å². The molecule has 2 aromatic rings. The Morgan fingerprint density at radius 1 is 1.02 bits per heavy atom. The minimum Gasteiger partial charge on any atom is -0.390 e. The molecule has 2 saturated heterocycles. The minimum atomic E-state index is -0.859. The molecular formula is C34H45BrN4O4. The Balaban J connectivity index is 1.25. The van der Waals surface area contributed by atoms with Gasteiger partial charge in [-0.25, -0.2) is 0 Å². The monoisotopic (exact) mass is 652 g/mol. The largest absolute Gasteiger partial charge is 0.390 e. The van der Waals surface area contributed by atoms with E-state index in [0.717, 1.165) is 66.5 Å². The van der Waals surface area contributed by atoms with Crippen molar-refractivity contribution in [2.45, 2.75) is 95.9 Å². The number of anilines is 2. The molecule has 2 aliphatic heterocycles. The zero-order valence-corrected chi connectivity index (χ0v) is 27.0. The van der Waals surface area contributed by atoms with Gasteiger partial charge in [-0.05, 0) is 80.0 Å². The number of nitrogens with zero attached hydrogens (tertiary/aromatic N) is 3. The molecule has 8 nitrogen and oxygen atoms in total. The maximum Gasteiger partial charge on any atom is 0.248 e. The van der Waals surface area contributed by atoms with Crippen molar-refractivity contribution in [3.05, 3.63) is 58.6 Å². The number of aliphatic hydroxyl groups excluding tert-OH is 1. The summed E-state index contributed by atoms with van der Waals surface area (Å²) in [4.78, 5) is 46.0. The lowest BCUT2D eigenvalue weighted by atomic mass is 9.78. The van der Waals surface area contributed by atoms with Gasteiger partial charge in [-0.15, -0.1) is 0 Å². The second-order valence-corrected chi connectivity index (χ2v) is 13.4. The van der Waals surface area contributed by atoms with Crippen molar-refractivity contribution in [3.8, 4) is 0 Å². The maximum absolute atomic E-state index is 13.9. The van der Waals surface area contributed by atoms with Crippen molar-refractivity contribution in [1.82, 2.24) is 15.1 Å². The summed E-state index contributed by atoms with van der Waals surface area (Å²) in [6.45, 7) is 6.32. The van der Waals surface area contributed by atoms with Gasteiger partial charge in [0.2, 0.25) is 17.7 Å². The van der Waals surface area contributed by atoms with Crippen LogP contribution in [-0.4, -0.2) is 69.9 Å². The number of benzene rings is 2. The third kappa shape index (κ3) is 6.84. The van der Waals surface area contributed by atoms with Crippen molar-refractivity contribution in [2.75, 3.05) is 24.5 Å². The molecule has 1 spiro atoms. The summed E-state index contributed by atoms with van der Waals surface area (Å²) < 4.78 is 0.957. The molecule has 0 aromatic heterocycles. The number of unbranched alkanes of at least 4 members (excludes halogenated alkanes) is 1. The molecule has 3 amide bonds. The van der Waals surface area contributed by atoms with Gasteiger partial charge in [0.15, 0.2) is 0 Å². The number of carbonyl (C=O) groups excluding carboxylic acids is 3. The van der Waals surface area contributed by atoms with Crippen LogP contribution in [0.25, 0.3) is 0 Å². The van der Waals surface area contributed by atoms with Gasteiger partial charge in [0.1, 0.15) is 11.6 Å². The number of nitrogens with one attached hydrogen (secondary N) is 1. The lowest BCUT2D eigenvalue weighted by Gasteiger charge is -2.52. The van der Waals surface area contributed by atoms with Crippen molar-refractivity contribution in [1.29, 1.82) is 0 Å². The Bertz CT molecular complexity index is 1270. The van der Waals surface area contributed by atoms with Crippen LogP contribution in [0.15, 0.2) is 53.0 Å². The number of hydrogen-bond acceptors (Lipinski definition) is 5. The quantitative estimate of drug-likeness (QED) is 0.371. The number of piperidine rings is 1. The first-order chi connectivity index (χ1) is 20.7. The van der Waals surface area contributed by atoms with Gasteiger partial charge >= 0.3 is 0 Å². The van der Waals surface area contributed by atoms with Gasteiger partial charge in [-0.2, -0.15) is 0 Å². The predicted molar refractivity (Wildman–Crippen MR) is 172 cm³/mol. The van der Waals surface area contributed by atoms with E-state index in [1.54, 1.807) is 11.8 Å². The second-order valence-electron chi connectivity index (χ2n) is 12.5. The van der Waals surface area contributed by atoms with Gasteiger partial charge < -0.3 is 15.3 Å². The molecule has 0 bridgehead atoms. The molecule has 232 valence electrons. The number of hydrogen-bond donors (Lipinski definition) is 2. The standard InChI is InChI=1S/C34H45BrN4O4/c1-3-4-20-38-32(42)30(31(41)26-8-6-5-7-9-26)36-33(43)34(38)18-21-37(22-19-34)23-25-10-14-28(15-11-25)39(24(2)40)29-16-12-27(35)13-17-29/h10-17,26,30-31,41H,3-9,18-23H2,1-2H3,(H,36,43)/t30-,31-/m1/s1. The van der Waals surface area contributed by atoms with Gasteiger partial charge in [-0.3, -0.25) is 24.2 Å². The van der Waals surface area contributed by atoms with E-state index in [0.29, 0.717) is 32.5 Å². The number of likely N-dealkylation sites (tertiary alicyclic amines) is 1. The highest BCUT2D eigenvalue weighted by molar-refractivity contribution is 9.10. The first kappa shape index (κ1) is 31.7. The maximum atomic E-state index is 13.9. The fourth-order valence-electron chi connectivity index (χ4n) is 7.15. The van der Waals surface area contributed by atoms with E-state index in [1.165, 1.54) is 6.42 Å². The summed E-state index contributed by atoms with van der Waals surface area (Å²) in [5.41, 5.74) is 1.89.